The molecule has 0 amide bonds. The Kier molecular flexibility index (Phi) is 5.48. The zero-order valence-electron chi connectivity index (χ0n) is 23.6. The van der Waals surface area contributed by atoms with Crippen LogP contribution in [0.25, 0.3) is 61.8 Å². The van der Waals surface area contributed by atoms with E-state index in [1.165, 1.54) is 33.3 Å². The molecule has 3 nitrogen and oxygen atoms in total. The highest BCUT2D eigenvalue weighted by molar-refractivity contribution is 6.00. The summed E-state index contributed by atoms with van der Waals surface area (Å²) in [6.45, 7) is 4.69. The lowest BCUT2D eigenvalue weighted by Crippen LogP contribution is -2.14. The van der Waals surface area contributed by atoms with Crippen molar-refractivity contribution in [3.05, 3.63) is 151 Å². The fraction of sp³-hybridized carbons (Fsp3) is 0.0769. The Morgan fingerprint density at radius 1 is 0.548 bits per heavy atom. The van der Waals surface area contributed by atoms with Gasteiger partial charge in [-0.2, -0.15) is 0 Å². The Morgan fingerprint density at radius 3 is 1.76 bits per heavy atom. The number of hydrogen-bond donors (Lipinski definition) is 0. The highest BCUT2D eigenvalue weighted by Crippen LogP contribution is 2.53. The van der Waals surface area contributed by atoms with Gasteiger partial charge in [0.15, 0.2) is 5.82 Å². The third-order valence-electron chi connectivity index (χ3n) is 8.59. The first kappa shape index (κ1) is 24.5. The van der Waals surface area contributed by atoms with Gasteiger partial charge in [0.05, 0.1) is 22.6 Å². The molecule has 7 aromatic rings. The van der Waals surface area contributed by atoms with Crippen LogP contribution in [0.1, 0.15) is 25.0 Å². The van der Waals surface area contributed by atoms with Crippen LogP contribution >= 0.6 is 0 Å². The van der Waals surface area contributed by atoms with Crippen LogP contribution < -0.4 is 0 Å². The van der Waals surface area contributed by atoms with E-state index in [4.69, 9.17) is 9.97 Å². The molecule has 2 heterocycles. The SMILES string of the molecule is CC1(C)c2ccccc2-c2c1c1cc(-c3nc(-c4ccccc4)cc(-c4ccccc4)n3)ccc1n2-c1ccccc1. The van der Waals surface area contributed by atoms with Crippen molar-refractivity contribution in [3.8, 4) is 50.8 Å². The first-order valence-corrected chi connectivity index (χ1v) is 14.4. The molecule has 0 radical (unpaired) electrons. The number of rotatable bonds is 4. The van der Waals surface area contributed by atoms with Gasteiger partial charge >= 0.3 is 0 Å². The summed E-state index contributed by atoms with van der Waals surface area (Å²) in [5.74, 6) is 0.728. The molecule has 0 atom stereocenters. The average molecular weight is 540 g/mol. The van der Waals surface area contributed by atoms with Crippen molar-refractivity contribution in [2.45, 2.75) is 19.3 Å². The van der Waals surface area contributed by atoms with Crippen molar-refractivity contribution in [1.82, 2.24) is 14.5 Å². The average Bonchev–Trinajstić information content (AvgIpc) is 3.52. The number of benzene rings is 5. The molecule has 42 heavy (non-hydrogen) atoms. The second kappa shape index (κ2) is 9.39. The topological polar surface area (TPSA) is 30.7 Å². The molecule has 0 bridgehead atoms. The molecule has 2 aromatic heterocycles. The van der Waals surface area contributed by atoms with Crippen molar-refractivity contribution in [2.75, 3.05) is 0 Å². The third-order valence-corrected chi connectivity index (χ3v) is 8.59. The fourth-order valence-corrected chi connectivity index (χ4v) is 6.62. The molecule has 0 fully saturated rings. The van der Waals surface area contributed by atoms with E-state index in [1.807, 2.05) is 12.1 Å². The second-order valence-electron chi connectivity index (χ2n) is 11.5. The van der Waals surface area contributed by atoms with Crippen LogP contribution in [-0.2, 0) is 5.41 Å². The van der Waals surface area contributed by atoms with Crippen molar-refractivity contribution < 1.29 is 0 Å². The maximum Gasteiger partial charge on any atom is 0.160 e. The summed E-state index contributed by atoms with van der Waals surface area (Å²) in [4.78, 5) is 10.2. The smallest absolute Gasteiger partial charge is 0.160 e. The third kappa shape index (κ3) is 3.74. The van der Waals surface area contributed by atoms with Gasteiger partial charge in [0.2, 0.25) is 0 Å². The zero-order chi connectivity index (χ0) is 28.3. The largest absolute Gasteiger partial charge is 0.309 e. The molecular weight excluding hydrogens is 510 g/mol. The van der Waals surface area contributed by atoms with Crippen molar-refractivity contribution in [2.24, 2.45) is 0 Å². The van der Waals surface area contributed by atoms with Gasteiger partial charge in [0.1, 0.15) is 0 Å². The molecule has 200 valence electrons. The minimum Gasteiger partial charge on any atom is -0.309 e. The zero-order valence-corrected chi connectivity index (χ0v) is 23.6. The summed E-state index contributed by atoms with van der Waals surface area (Å²) in [6, 6.07) is 49.1. The van der Waals surface area contributed by atoms with Crippen molar-refractivity contribution >= 4 is 10.9 Å². The molecular formula is C39H29N3. The monoisotopic (exact) mass is 539 g/mol. The van der Waals surface area contributed by atoms with Gasteiger partial charge < -0.3 is 4.57 Å². The van der Waals surface area contributed by atoms with Crippen LogP contribution in [0, 0.1) is 0 Å². The van der Waals surface area contributed by atoms with E-state index >= 15 is 0 Å². The Labute approximate surface area is 245 Å². The maximum atomic E-state index is 5.12. The predicted octanol–water partition coefficient (Wildman–Crippen LogP) is 9.73. The van der Waals surface area contributed by atoms with Gasteiger partial charge in [-0.05, 0) is 47.5 Å². The highest BCUT2D eigenvalue weighted by atomic mass is 15.0. The van der Waals surface area contributed by atoms with Gasteiger partial charge in [0.25, 0.3) is 0 Å². The summed E-state index contributed by atoms with van der Waals surface area (Å²) in [5.41, 5.74) is 12.5. The second-order valence-corrected chi connectivity index (χ2v) is 11.5. The molecule has 0 unspecified atom stereocenters. The molecule has 5 aromatic carbocycles. The molecule has 8 rings (SSSR count). The maximum absolute atomic E-state index is 5.12. The van der Waals surface area contributed by atoms with Gasteiger partial charge in [-0.3, -0.25) is 0 Å². The van der Waals surface area contributed by atoms with Gasteiger partial charge in [0, 0.05) is 38.7 Å². The molecule has 0 N–H and O–H groups in total. The number of aromatic nitrogens is 3. The molecule has 0 spiro atoms. The molecule has 0 aliphatic heterocycles. The summed E-state index contributed by atoms with van der Waals surface area (Å²) >= 11 is 0. The van der Waals surface area contributed by atoms with Crippen LogP contribution in [0.3, 0.4) is 0 Å². The van der Waals surface area contributed by atoms with Crippen LogP contribution in [-0.4, -0.2) is 14.5 Å². The van der Waals surface area contributed by atoms with E-state index in [1.54, 1.807) is 0 Å². The van der Waals surface area contributed by atoms with E-state index in [0.717, 1.165) is 39.6 Å². The van der Waals surface area contributed by atoms with Crippen LogP contribution in [0.15, 0.2) is 140 Å². The minimum atomic E-state index is -0.148. The summed E-state index contributed by atoms with van der Waals surface area (Å²) in [6.07, 6.45) is 0. The molecule has 0 saturated heterocycles. The summed E-state index contributed by atoms with van der Waals surface area (Å²) in [5, 5.41) is 1.24. The lowest BCUT2D eigenvalue weighted by molar-refractivity contribution is 0.666. The first-order valence-electron chi connectivity index (χ1n) is 14.4. The minimum absolute atomic E-state index is 0.148. The van der Waals surface area contributed by atoms with E-state index in [2.05, 4.69) is 146 Å². The van der Waals surface area contributed by atoms with Gasteiger partial charge in [-0.15, -0.1) is 0 Å². The number of fused-ring (bicyclic) bond motifs is 5. The Bertz CT molecular complexity index is 2030. The van der Waals surface area contributed by atoms with Crippen LogP contribution in [0.4, 0.5) is 0 Å². The van der Waals surface area contributed by atoms with Crippen LogP contribution in [0.2, 0.25) is 0 Å². The normalized spacial score (nSPS) is 13.2. The lowest BCUT2D eigenvalue weighted by Gasteiger charge is -2.21. The van der Waals surface area contributed by atoms with E-state index < -0.39 is 0 Å². The predicted molar refractivity (Wildman–Crippen MR) is 173 cm³/mol. The summed E-state index contributed by atoms with van der Waals surface area (Å²) in [7, 11) is 0. The highest BCUT2D eigenvalue weighted by Gasteiger charge is 2.40. The molecule has 1 aliphatic carbocycles. The number of nitrogens with zero attached hydrogens (tertiary/aromatic N) is 3. The number of hydrogen-bond acceptors (Lipinski definition) is 2. The molecule has 0 saturated carbocycles. The lowest BCUT2D eigenvalue weighted by atomic mass is 9.81. The standard InChI is InChI=1S/C39H29N3/c1-39(2)32-21-13-12-20-30(32)37-36(39)31-24-28(22-23-35(31)42(37)29-18-10-5-11-19-29)38-40-33(26-14-6-3-7-15-26)25-34(41-38)27-16-8-4-9-17-27/h3-25H,1-2H3. The van der Waals surface area contributed by atoms with Crippen molar-refractivity contribution in [1.29, 1.82) is 0 Å². The van der Waals surface area contributed by atoms with E-state index in [9.17, 15) is 0 Å². The Hall–Kier alpha value is -5.28. The van der Waals surface area contributed by atoms with Crippen molar-refractivity contribution in [3.63, 3.8) is 0 Å². The first-order chi connectivity index (χ1) is 20.6. The van der Waals surface area contributed by atoms with E-state index in [0.29, 0.717) is 0 Å². The Balaban J connectivity index is 1.40. The van der Waals surface area contributed by atoms with Crippen LogP contribution in [0.5, 0.6) is 0 Å². The van der Waals surface area contributed by atoms with E-state index in [-0.39, 0.29) is 5.41 Å². The quantitative estimate of drug-likeness (QED) is 0.223. The number of para-hydroxylation sites is 1. The van der Waals surface area contributed by atoms with Gasteiger partial charge in [-0.25, -0.2) is 9.97 Å². The van der Waals surface area contributed by atoms with Gasteiger partial charge in [-0.1, -0.05) is 117 Å². The molecule has 3 heteroatoms. The molecule has 1 aliphatic rings. The Morgan fingerprint density at radius 2 is 1.12 bits per heavy atom. The fourth-order valence-electron chi connectivity index (χ4n) is 6.62. The summed E-state index contributed by atoms with van der Waals surface area (Å²) < 4.78 is 2.43.